The number of carbonyl (C=O) groups excluding carboxylic acids is 1. The van der Waals surface area contributed by atoms with Crippen molar-refractivity contribution in [2.45, 2.75) is 70.5 Å². The van der Waals surface area contributed by atoms with Crippen LogP contribution < -0.4 is 5.32 Å². The quantitative estimate of drug-likeness (QED) is 0.721. The van der Waals surface area contributed by atoms with Crippen LogP contribution in [0.5, 0.6) is 0 Å². The summed E-state index contributed by atoms with van der Waals surface area (Å²) < 4.78 is 0. The van der Waals surface area contributed by atoms with Crippen molar-refractivity contribution >= 4 is 17.7 Å². The average Bonchev–Trinajstić information content (AvgIpc) is 3.14. The minimum Gasteiger partial charge on any atom is -0.353 e. The Morgan fingerprint density at radius 1 is 1.36 bits per heavy atom. The molecule has 124 valence electrons. The Bertz CT molecular complexity index is 468. The zero-order chi connectivity index (χ0) is 15.9. The highest BCUT2D eigenvalue weighted by Crippen LogP contribution is 2.28. The van der Waals surface area contributed by atoms with Gasteiger partial charge >= 0.3 is 0 Å². The second kappa shape index (κ2) is 8.56. The van der Waals surface area contributed by atoms with E-state index in [0.29, 0.717) is 16.8 Å². The first-order valence-corrected chi connectivity index (χ1v) is 9.36. The van der Waals surface area contributed by atoms with Crippen molar-refractivity contribution in [1.29, 1.82) is 0 Å². The topological polar surface area (TPSA) is 70.7 Å². The lowest BCUT2D eigenvalue weighted by Gasteiger charge is -2.16. The number of nitrogens with one attached hydrogen (secondary N) is 2. The molecule has 1 heterocycles. The van der Waals surface area contributed by atoms with Gasteiger partial charge in [-0.15, -0.1) is 5.10 Å². The van der Waals surface area contributed by atoms with Gasteiger partial charge in [0.2, 0.25) is 11.1 Å². The number of hydrogen-bond donors (Lipinski definition) is 2. The summed E-state index contributed by atoms with van der Waals surface area (Å²) in [6.45, 7) is 6.23. The lowest BCUT2D eigenvalue weighted by Crippen LogP contribution is -2.37. The number of hydrogen-bond acceptors (Lipinski definition) is 4. The number of rotatable bonds is 8. The minimum absolute atomic E-state index is 0.0449. The smallest absolute Gasteiger partial charge is 0.230 e. The van der Waals surface area contributed by atoms with Crippen LogP contribution in [-0.4, -0.2) is 32.9 Å². The summed E-state index contributed by atoms with van der Waals surface area (Å²) in [4.78, 5) is 16.3. The average molecular weight is 324 g/mol. The van der Waals surface area contributed by atoms with Crippen LogP contribution in [-0.2, 0) is 11.2 Å². The molecule has 1 atom stereocenters. The molecular formula is C16H28N4OS. The van der Waals surface area contributed by atoms with Gasteiger partial charge in [-0.25, -0.2) is 4.98 Å². The van der Waals surface area contributed by atoms with Gasteiger partial charge in [0, 0.05) is 12.5 Å². The monoisotopic (exact) mass is 324 g/mol. The third kappa shape index (κ3) is 5.63. The van der Waals surface area contributed by atoms with Gasteiger partial charge in [0.05, 0.1) is 5.75 Å². The SMILES string of the molecule is CC(C)C(C)NC(=O)CSc1n[nH]c(CCC2CCCC2)n1. The summed E-state index contributed by atoms with van der Waals surface area (Å²) in [5.74, 6) is 2.68. The maximum Gasteiger partial charge on any atom is 0.230 e. The Hall–Kier alpha value is -1.04. The second-order valence-corrected chi connectivity index (χ2v) is 7.59. The molecule has 6 heteroatoms. The van der Waals surface area contributed by atoms with Crippen LogP contribution in [0.4, 0.5) is 0 Å². The molecule has 0 bridgehead atoms. The molecule has 0 saturated heterocycles. The number of aromatic amines is 1. The van der Waals surface area contributed by atoms with Crippen LogP contribution in [0.2, 0.25) is 0 Å². The van der Waals surface area contributed by atoms with Gasteiger partial charge in [-0.2, -0.15) is 0 Å². The van der Waals surface area contributed by atoms with Crippen molar-refractivity contribution < 1.29 is 4.79 Å². The molecule has 1 saturated carbocycles. The van der Waals surface area contributed by atoms with Crippen LogP contribution in [0.3, 0.4) is 0 Å². The summed E-state index contributed by atoms with van der Waals surface area (Å²) in [6, 6.07) is 0.196. The van der Waals surface area contributed by atoms with E-state index in [-0.39, 0.29) is 11.9 Å². The Kier molecular flexibility index (Phi) is 6.73. The van der Waals surface area contributed by atoms with E-state index in [1.807, 2.05) is 6.92 Å². The molecule has 0 radical (unpaired) electrons. The van der Waals surface area contributed by atoms with Crippen molar-refractivity contribution in [3.63, 3.8) is 0 Å². The predicted octanol–water partition coefficient (Wildman–Crippen LogP) is 3.18. The van der Waals surface area contributed by atoms with Crippen molar-refractivity contribution in [2.75, 3.05) is 5.75 Å². The van der Waals surface area contributed by atoms with Gasteiger partial charge in [-0.3, -0.25) is 9.89 Å². The van der Waals surface area contributed by atoms with E-state index in [0.717, 1.165) is 18.2 Å². The second-order valence-electron chi connectivity index (χ2n) is 6.64. The summed E-state index contributed by atoms with van der Waals surface area (Å²) in [5.41, 5.74) is 0. The summed E-state index contributed by atoms with van der Waals surface area (Å²) >= 11 is 1.40. The van der Waals surface area contributed by atoms with Crippen molar-refractivity contribution in [3.8, 4) is 0 Å². The molecule has 1 unspecified atom stereocenters. The molecule has 1 fully saturated rings. The third-order valence-electron chi connectivity index (χ3n) is 4.50. The van der Waals surface area contributed by atoms with E-state index in [9.17, 15) is 4.79 Å². The standard InChI is InChI=1S/C16H28N4OS/c1-11(2)12(3)17-15(21)10-22-16-18-14(19-20-16)9-8-13-6-4-5-7-13/h11-13H,4-10H2,1-3H3,(H,17,21)(H,18,19,20). The molecule has 22 heavy (non-hydrogen) atoms. The van der Waals surface area contributed by atoms with Crippen molar-refractivity contribution in [3.05, 3.63) is 5.82 Å². The molecule has 0 aliphatic heterocycles. The Balaban J connectivity index is 1.69. The van der Waals surface area contributed by atoms with Gasteiger partial charge in [-0.05, 0) is 25.2 Å². The number of aryl methyl sites for hydroxylation is 1. The Morgan fingerprint density at radius 2 is 2.09 bits per heavy atom. The van der Waals surface area contributed by atoms with E-state index in [4.69, 9.17) is 0 Å². The van der Waals surface area contributed by atoms with Crippen LogP contribution in [0.15, 0.2) is 5.16 Å². The molecule has 1 aromatic rings. The van der Waals surface area contributed by atoms with Crippen molar-refractivity contribution in [2.24, 2.45) is 11.8 Å². The lowest BCUT2D eigenvalue weighted by molar-refractivity contribution is -0.119. The molecule has 1 aromatic heterocycles. The zero-order valence-corrected chi connectivity index (χ0v) is 14.7. The summed E-state index contributed by atoms with van der Waals surface area (Å²) in [7, 11) is 0. The van der Waals surface area contributed by atoms with Gasteiger partial charge in [0.15, 0.2) is 0 Å². The zero-order valence-electron chi connectivity index (χ0n) is 13.9. The van der Waals surface area contributed by atoms with Crippen LogP contribution >= 0.6 is 11.8 Å². The molecule has 2 N–H and O–H groups in total. The maximum atomic E-state index is 11.8. The van der Waals surface area contributed by atoms with E-state index in [1.165, 1.54) is 43.9 Å². The highest BCUT2D eigenvalue weighted by atomic mass is 32.2. The summed E-state index contributed by atoms with van der Waals surface area (Å²) in [5, 5.41) is 10.9. The maximum absolute atomic E-state index is 11.8. The first kappa shape index (κ1) is 17.3. The van der Waals surface area contributed by atoms with E-state index in [2.05, 4.69) is 34.3 Å². The van der Waals surface area contributed by atoms with Crippen LogP contribution in [0.25, 0.3) is 0 Å². The van der Waals surface area contributed by atoms with E-state index in [1.54, 1.807) is 0 Å². The first-order valence-electron chi connectivity index (χ1n) is 8.38. The number of thioether (sulfide) groups is 1. The van der Waals surface area contributed by atoms with Crippen LogP contribution in [0.1, 0.15) is 58.7 Å². The molecule has 1 aliphatic carbocycles. The van der Waals surface area contributed by atoms with E-state index < -0.39 is 0 Å². The molecular weight excluding hydrogens is 296 g/mol. The highest BCUT2D eigenvalue weighted by Gasteiger charge is 2.16. The molecule has 2 rings (SSSR count). The third-order valence-corrected chi connectivity index (χ3v) is 5.34. The van der Waals surface area contributed by atoms with Gasteiger partial charge in [0.1, 0.15) is 5.82 Å². The number of H-pyrrole nitrogens is 1. The fourth-order valence-corrected chi connectivity index (χ4v) is 3.31. The van der Waals surface area contributed by atoms with Gasteiger partial charge in [0.25, 0.3) is 0 Å². The van der Waals surface area contributed by atoms with Gasteiger partial charge < -0.3 is 5.32 Å². The molecule has 1 amide bonds. The van der Waals surface area contributed by atoms with Crippen molar-refractivity contribution in [1.82, 2.24) is 20.5 Å². The molecule has 0 aromatic carbocycles. The van der Waals surface area contributed by atoms with Crippen LogP contribution in [0, 0.1) is 11.8 Å². The lowest BCUT2D eigenvalue weighted by atomic mass is 10.0. The number of carbonyl (C=O) groups is 1. The largest absolute Gasteiger partial charge is 0.353 e. The normalized spacial score (nSPS) is 17.1. The predicted molar refractivity (Wildman–Crippen MR) is 89.8 cm³/mol. The fourth-order valence-electron chi connectivity index (χ4n) is 2.69. The molecule has 5 nitrogen and oxygen atoms in total. The molecule has 0 spiro atoms. The fraction of sp³-hybridized carbons (Fsp3) is 0.812. The van der Waals surface area contributed by atoms with E-state index >= 15 is 0 Å². The first-order chi connectivity index (χ1) is 10.5. The number of amides is 1. The minimum atomic E-state index is 0.0449. The summed E-state index contributed by atoms with van der Waals surface area (Å²) in [6.07, 6.45) is 7.66. The highest BCUT2D eigenvalue weighted by molar-refractivity contribution is 7.99. The van der Waals surface area contributed by atoms with Gasteiger partial charge in [-0.1, -0.05) is 51.3 Å². The molecule has 1 aliphatic rings. The Labute approximate surface area is 137 Å². The number of nitrogens with zero attached hydrogens (tertiary/aromatic N) is 2. The number of aromatic nitrogens is 3. The Morgan fingerprint density at radius 3 is 2.77 bits per heavy atom.